The first-order valence-electron chi connectivity index (χ1n) is 10.8. The van der Waals surface area contributed by atoms with Gasteiger partial charge in [0.1, 0.15) is 5.69 Å². The molecule has 0 radical (unpaired) electrons. The maximum Gasteiger partial charge on any atom is 0.255 e. The van der Waals surface area contributed by atoms with E-state index in [2.05, 4.69) is 29.1 Å². The molecule has 0 spiro atoms. The fraction of sp³-hybridized carbons (Fsp3) is 0.222. The van der Waals surface area contributed by atoms with Gasteiger partial charge in [0.05, 0.1) is 0 Å². The molecule has 3 aromatic rings. The molecule has 1 aromatic heterocycles. The summed E-state index contributed by atoms with van der Waals surface area (Å²) in [6, 6.07) is 20.2. The summed E-state index contributed by atoms with van der Waals surface area (Å²) in [5.41, 5.74) is 3.53. The van der Waals surface area contributed by atoms with Gasteiger partial charge in [0.2, 0.25) is 5.91 Å². The van der Waals surface area contributed by atoms with E-state index in [1.54, 1.807) is 18.3 Å². The van der Waals surface area contributed by atoms with Crippen molar-refractivity contribution < 1.29 is 9.59 Å². The van der Waals surface area contributed by atoms with Crippen LogP contribution in [0.2, 0.25) is 0 Å². The van der Waals surface area contributed by atoms with E-state index >= 15 is 0 Å². The Morgan fingerprint density at radius 3 is 2.69 bits per heavy atom. The second-order valence-corrected chi connectivity index (χ2v) is 8.04. The molecule has 5 nitrogen and oxygen atoms in total. The summed E-state index contributed by atoms with van der Waals surface area (Å²) in [6.45, 7) is 2.84. The summed E-state index contributed by atoms with van der Waals surface area (Å²) >= 11 is 0. The van der Waals surface area contributed by atoms with Crippen LogP contribution >= 0.6 is 0 Å². The molecule has 0 aliphatic carbocycles. The fourth-order valence-corrected chi connectivity index (χ4v) is 3.75. The first kappa shape index (κ1) is 21.3. The smallest absolute Gasteiger partial charge is 0.255 e. The van der Waals surface area contributed by atoms with Gasteiger partial charge in [-0.15, -0.1) is 0 Å². The minimum Gasteiger partial charge on any atom is -0.322 e. The lowest BCUT2D eigenvalue weighted by atomic mass is 10.0. The lowest BCUT2D eigenvalue weighted by molar-refractivity contribution is -0.119. The molecule has 2 aromatic carbocycles. The van der Waals surface area contributed by atoms with Crippen molar-refractivity contribution in [1.82, 2.24) is 4.98 Å². The number of amides is 2. The third kappa shape index (κ3) is 5.41. The molecule has 2 amide bonds. The van der Waals surface area contributed by atoms with Crippen LogP contribution in [0.5, 0.6) is 0 Å². The molecular formula is C27H25N3O2. The van der Waals surface area contributed by atoms with Crippen LogP contribution in [0.25, 0.3) is 0 Å². The highest BCUT2D eigenvalue weighted by Gasteiger charge is 2.22. The maximum atomic E-state index is 12.7. The molecule has 2 heterocycles. The number of carbonyl (C=O) groups is 2. The molecule has 1 saturated heterocycles. The number of rotatable bonds is 3. The first-order chi connectivity index (χ1) is 15.6. The first-order valence-corrected chi connectivity index (χ1v) is 10.8. The van der Waals surface area contributed by atoms with Crippen molar-refractivity contribution >= 4 is 23.2 Å². The lowest BCUT2D eigenvalue weighted by Crippen LogP contribution is -2.30. The van der Waals surface area contributed by atoms with E-state index in [4.69, 9.17) is 0 Å². The minimum atomic E-state index is -0.206. The number of anilines is 2. The van der Waals surface area contributed by atoms with E-state index in [1.807, 2.05) is 59.5 Å². The van der Waals surface area contributed by atoms with Gasteiger partial charge in [0, 0.05) is 41.7 Å². The van der Waals surface area contributed by atoms with E-state index < -0.39 is 0 Å². The molecule has 4 rings (SSSR count). The average Bonchev–Trinajstić information content (AvgIpc) is 2.98. The Morgan fingerprint density at radius 2 is 1.91 bits per heavy atom. The summed E-state index contributed by atoms with van der Waals surface area (Å²) in [7, 11) is 0. The monoisotopic (exact) mass is 423 g/mol. The molecule has 1 aliphatic rings. The summed E-state index contributed by atoms with van der Waals surface area (Å²) in [5.74, 6) is 6.45. The maximum absolute atomic E-state index is 12.7. The van der Waals surface area contributed by atoms with E-state index in [0.717, 1.165) is 30.6 Å². The van der Waals surface area contributed by atoms with E-state index in [1.165, 1.54) is 0 Å². The molecule has 32 heavy (non-hydrogen) atoms. The Bertz CT molecular complexity index is 1160. The molecule has 1 aliphatic heterocycles. The van der Waals surface area contributed by atoms with Crippen molar-refractivity contribution in [2.45, 2.75) is 26.2 Å². The summed E-state index contributed by atoms with van der Waals surface area (Å²) in [4.78, 5) is 31.2. The van der Waals surface area contributed by atoms with Gasteiger partial charge in [-0.3, -0.25) is 9.59 Å². The molecular weight excluding hydrogens is 398 g/mol. The molecule has 5 heteroatoms. The third-order valence-electron chi connectivity index (χ3n) is 5.46. The molecule has 0 saturated carbocycles. The molecule has 1 fully saturated rings. The minimum absolute atomic E-state index is 0.149. The molecule has 0 bridgehead atoms. The van der Waals surface area contributed by atoms with Crippen LogP contribution < -0.4 is 10.2 Å². The Morgan fingerprint density at radius 1 is 1.06 bits per heavy atom. The molecule has 1 N–H and O–H groups in total. The van der Waals surface area contributed by atoms with Gasteiger partial charge < -0.3 is 10.2 Å². The highest BCUT2D eigenvalue weighted by molar-refractivity contribution is 6.04. The molecule has 1 unspecified atom stereocenters. The van der Waals surface area contributed by atoms with Gasteiger partial charge in [-0.1, -0.05) is 25.0 Å². The second-order valence-electron chi connectivity index (χ2n) is 8.04. The number of pyridine rings is 1. The summed E-state index contributed by atoms with van der Waals surface area (Å²) in [6.07, 6.45) is 4.33. The predicted octanol–water partition coefficient (Wildman–Crippen LogP) is 4.89. The van der Waals surface area contributed by atoms with E-state index in [9.17, 15) is 9.59 Å². The number of hydrogen-bond acceptors (Lipinski definition) is 3. The van der Waals surface area contributed by atoms with Gasteiger partial charge in [-0.05, 0) is 79.3 Å². The predicted molar refractivity (Wildman–Crippen MR) is 126 cm³/mol. The average molecular weight is 424 g/mol. The topological polar surface area (TPSA) is 62.3 Å². The Labute approximate surface area is 188 Å². The lowest BCUT2D eigenvalue weighted by Gasteiger charge is -2.21. The highest BCUT2D eigenvalue weighted by Crippen LogP contribution is 2.24. The normalized spacial score (nSPS) is 16.0. The Kier molecular flexibility index (Phi) is 6.62. The van der Waals surface area contributed by atoms with E-state index in [0.29, 0.717) is 29.3 Å². The molecule has 1 atom stereocenters. The van der Waals surface area contributed by atoms with Crippen molar-refractivity contribution in [3.05, 3.63) is 89.7 Å². The van der Waals surface area contributed by atoms with Crippen LogP contribution in [0.15, 0.2) is 72.9 Å². The van der Waals surface area contributed by atoms with Crippen molar-refractivity contribution in [2.24, 2.45) is 5.92 Å². The number of carbonyl (C=O) groups excluding carboxylic acids is 2. The van der Waals surface area contributed by atoms with Crippen LogP contribution in [-0.4, -0.2) is 23.3 Å². The highest BCUT2D eigenvalue weighted by atomic mass is 16.2. The number of nitrogens with zero attached hydrogens (tertiary/aromatic N) is 2. The number of nitrogens with one attached hydrogen (secondary N) is 1. The zero-order chi connectivity index (χ0) is 22.3. The zero-order valence-corrected chi connectivity index (χ0v) is 18.0. The summed E-state index contributed by atoms with van der Waals surface area (Å²) in [5, 5.41) is 2.92. The van der Waals surface area contributed by atoms with Gasteiger partial charge in [0.25, 0.3) is 5.91 Å². The fourth-order valence-electron chi connectivity index (χ4n) is 3.75. The SMILES string of the molecule is CC1CCCN(c2ccc(C(=O)Nc3cccc(C#Cc4ccccn4)c3)cc2)C(=O)C1. The van der Waals surface area contributed by atoms with Gasteiger partial charge in [0.15, 0.2) is 0 Å². The number of benzene rings is 2. The van der Waals surface area contributed by atoms with E-state index in [-0.39, 0.29) is 11.8 Å². The molecule has 160 valence electrons. The van der Waals surface area contributed by atoms with Crippen LogP contribution in [-0.2, 0) is 4.79 Å². The van der Waals surface area contributed by atoms with Crippen LogP contribution in [0, 0.1) is 17.8 Å². The number of aromatic nitrogens is 1. The van der Waals surface area contributed by atoms with Crippen molar-refractivity contribution in [1.29, 1.82) is 0 Å². The zero-order valence-electron chi connectivity index (χ0n) is 18.0. The quantitative estimate of drug-likeness (QED) is 0.611. The largest absolute Gasteiger partial charge is 0.322 e. The Balaban J connectivity index is 1.43. The third-order valence-corrected chi connectivity index (χ3v) is 5.46. The van der Waals surface area contributed by atoms with Crippen molar-refractivity contribution in [2.75, 3.05) is 16.8 Å². The van der Waals surface area contributed by atoms with Gasteiger partial charge >= 0.3 is 0 Å². The Hall–Kier alpha value is -3.91. The standard InChI is InChI=1S/C27H25N3O2/c1-20-6-5-17-30(26(31)18-20)25-14-11-22(12-15-25)27(32)29-24-9-4-7-21(19-24)10-13-23-8-2-3-16-28-23/h2-4,7-9,11-12,14-16,19-20H,5-6,17-18H2,1H3,(H,29,32). The van der Waals surface area contributed by atoms with Crippen molar-refractivity contribution in [3.8, 4) is 11.8 Å². The number of hydrogen-bond donors (Lipinski definition) is 1. The van der Waals surface area contributed by atoms with Crippen LogP contribution in [0.1, 0.15) is 47.8 Å². The van der Waals surface area contributed by atoms with Crippen LogP contribution in [0.4, 0.5) is 11.4 Å². The van der Waals surface area contributed by atoms with Crippen molar-refractivity contribution in [3.63, 3.8) is 0 Å². The summed E-state index contributed by atoms with van der Waals surface area (Å²) < 4.78 is 0. The van der Waals surface area contributed by atoms with Crippen LogP contribution in [0.3, 0.4) is 0 Å². The second kappa shape index (κ2) is 9.93. The van der Waals surface area contributed by atoms with Gasteiger partial charge in [-0.2, -0.15) is 0 Å². The van der Waals surface area contributed by atoms with Gasteiger partial charge in [-0.25, -0.2) is 4.98 Å².